The van der Waals surface area contributed by atoms with Crippen molar-refractivity contribution in [1.29, 1.82) is 0 Å². The molecule has 0 aliphatic carbocycles. The van der Waals surface area contributed by atoms with Gasteiger partial charge in [0.05, 0.1) is 6.26 Å². The maximum Gasteiger partial charge on any atom is 0.225 e. The number of ether oxygens (including phenoxy) is 1. The van der Waals surface area contributed by atoms with Gasteiger partial charge in [0.15, 0.2) is 0 Å². The number of aryl methyl sites for hydroxylation is 2. The fourth-order valence-electron chi connectivity index (χ4n) is 4.44. The van der Waals surface area contributed by atoms with Gasteiger partial charge in [-0.2, -0.15) is 4.31 Å². The Bertz CT molecular complexity index is 1030. The summed E-state index contributed by atoms with van der Waals surface area (Å²) in [5.74, 6) is 1.73. The van der Waals surface area contributed by atoms with Gasteiger partial charge in [-0.3, -0.25) is 4.90 Å². The second kappa shape index (κ2) is 10.4. The molecule has 0 amide bonds. The van der Waals surface area contributed by atoms with Gasteiger partial charge >= 0.3 is 0 Å². The fourth-order valence-corrected chi connectivity index (χ4v) is 5.27. The number of anilines is 1. The van der Waals surface area contributed by atoms with Crippen molar-refractivity contribution in [2.75, 3.05) is 50.4 Å². The second-order valence-corrected chi connectivity index (χ2v) is 11.1. The van der Waals surface area contributed by atoms with Crippen molar-refractivity contribution in [3.63, 3.8) is 0 Å². The number of rotatable bonds is 7. The molecule has 2 saturated heterocycles. The minimum Gasteiger partial charge on any atom is -0.490 e. The molecular weight excluding hydrogens is 438 g/mol. The quantitative estimate of drug-likeness (QED) is 0.611. The van der Waals surface area contributed by atoms with Crippen LogP contribution in [0.2, 0.25) is 0 Å². The summed E-state index contributed by atoms with van der Waals surface area (Å²) >= 11 is 0. The first-order valence-electron chi connectivity index (χ1n) is 11.8. The maximum absolute atomic E-state index is 11.7. The van der Waals surface area contributed by atoms with E-state index in [1.54, 1.807) is 4.31 Å². The van der Waals surface area contributed by atoms with Crippen molar-refractivity contribution in [3.8, 4) is 5.75 Å². The van der Waals surface area contributed by atoms with Crippen LogP contribution < -0.4 is 9.64 Å². The topological polar surface area (TPSA) is 78.9 Å². The molecule has 0 bridgehead atoms. The molecule has 0 radical (unpaired) electrons. The SMILES string of the molecule is CCc1cnc(N2CCC(Oc3ccc(CN4CCN(S(C)(=O)=O)CC4)c(C)c3)CC2)nc1. The Morgan fingerprint density at radius 1 is 1.03 bits per heavy atom. The van der Waals surface area contributed by atoms with Gasteiger partial charge in [-0.15, -0.1) is 0 Å². The number of hydrogen-bond donors (Lipinski definition) is 0. The molecule has 2 aliphatic rings. The van der Waals surface area contributed by atoms with Gasteiger partial charge in [-0.05, 0) is 42.2 Å². The van der Waals surface area contributed by atoms with Crippen LogP contribution in [-0.4, -0.2) is 79.2 Å². The molecule has 1 aromatic carbocycles. The van der Waals surface area contributed by atoms with E-state index in [-0.39, 0.29) is 6.10 Å². The zero-order chi connectivity index (χ0) is 23.4. The van der Waals surface area contributed by atoms with Gasteiger partial charge in [-0.25, -0.2) is 18.4 Å². The molecule has 3 heterocycles. The standard InChI is InChI=1S/C24H35N5O3S/c1-4-20-16-25-24(26-17-20)28-9-7-22(8-10-28)32-23-6-5-21(19(2)15-23)18-27-11-13-29(14-12-27)33(3,30)31/h5-6,15-17,22H,4,7-14,18H2,1-3H3. The van der Waals surface area contributed by atoms with Crippen molar-refractivity contribution in [2.24, 2.45) is 0 Å². The molecule has 0 atom stereocenters. The van der Waals surface area contributed by atoms with Crippen LogP contribution in [0.25, 0.3) is 0 Å². The van der Waals surface area contributed by atoms with Crippen molar-refractivity contribution < 1.29 is 13.2 Å². The van der Waals surface area contributed by atoms with Crippen molar-refractivity contribution in [3.05, 3.63) is 47.3 Å². The summed E-state index contributed by atoms with van der Waals surface area (Å²) in [4.78, 5) is 13.6. The molecule has 8 nitrogen and oxygen atoms in total. The molecule has 0 N–H and O–H groups in total. The van der Waals surface area contributed by atoms with Crippen LogP contribution in [0.15, 0.2) is 30.6 Å². The molecule has 2 aromatic rings. The maximum atomic E-state index is 11.7. The number of sulfonamides is 1. The van der Waals surface area contributed by atoms with E-state index < -0.39 is 10.0 Å². The first-order chi connectivity index (χ1) is 15.8. The summed E-state index contributed by atoms with van der Waals surface area (Å²) in [6.07, 6.45) is 8.17. The lowest BCUT2D eigenvalue weighted by Gasteiger charge is -2.33. The first-order valence-corrected chi connectivity index (χ1v) is 13.7. The third-order valence-electron chi connectivity index (χ3n) is 6.64. The zero-order valence-corrected chi connectivity index (χ0v) is 20.7. The summed E-state index contributed by atoms with van der Waals surface area (Å²) < 4.78 is 31.3. The number of nitrogens with zero attached hydrogens (tertiary/aromatic N) is 5. The Hall–Kier alpha value is -2.23. The van der Waals surface area contributed by atoms with Crippen LogP contribution in [0.4, 0.5) is 5.95 Å². The molecule has 2 fully saturated rings. The first kappa shape index (κ1) is 23.9. The molecule has 0 saturated carbocycles. The molecule has 180 valence electrons. The van der Waals surface area contributed by atoms with Gasteiger partial charge in [0.25, 0.3) is 0 Å². The van der Waals surface area contributed by atoms with E-state index in [0.717, 1.165) is 69.2 Å². The zero-order valence-electron chi connectivity index (χ0n) is 19.9. The lowest BCUT2D eigenvalue weighted by Crippen LogP contribution is -2.47. The average Bonchev–Trinajstić information content (AvgIpc) is 2.81. The molecule has 4 rings (SSSR count). The van der Waals surface area contributed by atoms with Gasteiger partial charge in [0, 0.05) is 71.0 Å². The summed E-state index contributed by atoms with van der Waals surface area (Å²) in [6.45, 7) is 9.49. The third kappa shape index (κ3) is 6.22. The molecule has 1 aromatic heterocycles. The molecule has 0 unspecified atom stereocenters. The highest BCUT2D eigenvalue weighted by atomic mass is 32.2. The minimum absolute atomic E-state index is 0.200. The number of aromatic nitrogens is 2. The summed E-state index contributed by atoms with van der Waals surface area (Å²) in [7, 11) is -3.09. The monoisotopic (exact) mass is 473 g/mol. The average molecular weight is 474 g/mol. The lowest BCUT2D eigenvalue weighted by atomic mass is 10.1. The van der Waals surface area contributed by atoms with E-state index >= 15 is 0 Å². The summed E-state index contributed by atoms with van der Waals surface area (Å²) in [5, 5.41) is 0. The normalized spacial score (nSPS) is 19.1. The molecule has 9 heteroatoms. The fraction of sp³-hybridized carbons (Fsp3) is 0.583. The smallest absolute Gasteiger partial charge is 0.225 e. The van der Waals surface area contributed by atoms with Crippen LogP contribution in [0.5, 0.6) is 5.75 Å². The van der Waals surface area contributed by atoms with Crippen LogP contribution in [-0.2, 0) is 23.0 Å². The highest BCUT2D eigenvalue weighted by Crippen LogP contribution is 2.24. The summed E-state index contributed by atoms with van der Waals surface area (Å²) in [5.41, 5.74) is 3.63. The molecule has 2 aliphatic heterocycles. The Morgan fingerprint density at radius 3 is 2.27 bits per heavy atom. The van der Waals surface area contributed by atoms with Gasteiger partial charge in [0.1, 0.15) is 11.9 Å². The predicted molar refractivity (Wildman–Crippen MR) is 130 cm³/mol. The third-order valence-corrected chi connectivity index (χ3v) is 7.94. The van der Waals surface area contributed by atoms with Crippen molar-refractivity contribution in [2.45, 2.75) is 45.8 Å². The van der Waals surface area contributed by atoms with Crippen LogP contribution in [0.1, 0.15) is 36.5 Å². The van der Waals surface area contributed by atoms with E-state index in [1.807, 2.05) is 12.4 Å². The highest BCUT2D eigenvalue weighted by molar-refractivity contribution is 7.88. The number of piperazine rings is 1. The second-order valence-electron chi connectivity index (χ2n) is 9.08. The number of benzene rings is 1. The van der Waals surface area contributed by atoms with E-state index in [4.69, 9.17) is 4.74 Å². The highest BCUT2D eigenvalue weighted by Gasteiger charge is 2.24. The predicted octanol–water partition coefficient (Wildman–Crippen LogP) is 2.47. The summed E-state index contributed by atoms with van der Waals surface area (Å²) in [6, 6.07) is 6.33. The van der Waals surface area contributed by atoms with Crippen molar-refractivity contribution in [1.82, 2.24) is 19.2 Å². The Kier molecular flexibility index (Phi) is 7.51. The molecule has 33 heavy (non-hydrogen) atoms. The Labute approximate surface area is 197 Å². The van der Waals surface area contributed by atoms with Crippen LogP contribution >= 0.6 is 0 Å². The molecular formula is C24H35N5O3S. The lowest BCUT2D eigenvalue weighted by molar-refractivity contribution is 0.169. The Balaban J connectivity index is 1.26. The van der Waals surface area contributed by atoms with Crippen molar-refractivity contribution >= 4 is 16.0 Å². The Morgan fingerprint density at radius 2 is 1.70 bits per heavy atom. The van der Waals surface area contributed by atoms with E-state index in [2.05, 4.69) is 51.8 Å². The number of hydrogen-bond acceptors (Lipinski definition) is 7. The van der Waals surface area contributed by atoms with Gasteiger partial charge in [-0.1, -0.05) is 13.0 Å². The van der Waals surface area contributed by atoms with E-state index in [1.165, 1.54) is 17.4 Å². The largest absolute Gasteiger partial charge is 0.490 e. The number of piperidine rings is 1. The van der Waals surface area contributed by atoms with E-state index in [9.17, 15) is 8.42 Å². The van der Waals surface area contributed by atoms with Crippen LogP contribution in [0.3, 0.4) is 0 Å². The minimum atomic E-state index is -3.09. The van der Waals surface area contributed by atoms with Gasteiger partial charge < -0.3 is 9.64 Å². The van der Waals surface area contributed by atoms with E-state index in [0.29, 0.717) is 13.1 Å². The van der Waals surface area contributed by atoms with Gasteiger partial charge in [0.2, 0.25) is 16.0 Å². The van der Waals surface area contributed by atoms with Crippen LogP contribution in [0, 0.1) is 6.92 Å². The molecule has 0 spiro atoms.